The largest absolute Gasteiger partial charge is 1.00 e. The van der Waals surface area contributed by atoms with Gasteiger partial charge in [-0.05, 0) is 0 Å². The Bertz CT molecular complexity index is 162. The SMILES string of the molecule is CC(=O)O.CC(=O)O.CC(=O)O.C[CH-]O.NCCN.[Na+]. The number of carboxylic acids is 3. The molecule has 0 saturated carbocycles. The molecule has 10 heteroatoms. The van der Waals surface area contributed by atoms with Crippen LogP contribution in [0.4, 0.5) is 0 Å². The molecule has 0 fully saturated rings. The van der Waals surface area contributed by atoms with Crippen molar-refractivity contribution in [3.63, 3.8) is 0 Å². The molecule has 20 heavy (non-hydrogen) atoms. The molecule has 9 nitrogen and oxygen atoms in total. The third-order valence-corrected chi connectivity index (χ3v) is 0.167. The summed E-state index contributed by atoms with van der Waals surface area (Å²) in [6, 6.07) is 0. The van der Waals surface area contributed by atoms with Gasteiger partial charge in [-0.3, -0.25) is 14.4 Å². The van der Waals surface area contributed by atoms with E-state index in [-0.39, 0.29) is 29.6 Å². The summed E-state index contributed by atoms with van der Waals surface area (Å²) >= 11 is 0. The van der Waals surface area contributed by atoms with Gasteiger partial charge in [-0.15, -0.1) is 0 Å². The molecule has 8 N–H and O–H groups in total. The number of aliphatic carboxylic acids is 3. The summed E-state index contributed by atoms with van der Waals surface area (Å²) in [5, 5.41) is 29.7. The van der Waals surface area contributed by atoms with Gasteiger partial charge in [-0.25, -0.2) is 6.61 Å². The third kappa shape index (κ3) is 54600. The van der Waals surface area contributed by atoms with E-state index in [1.807, 2.05) is 0 Å². The molecule has 0 saturated heterocycles. The molecule has 0 aliphatic heterocycles. The van der Waals surface area contributed by atoms with E-state index in [9.17, 15) is 0 Å². The van der Waals surface area contributed by atoms with Crippen LogP contribution in [0.1, 0.15) is 27.7 Å². The number of carboxylic acid groups (broad SMARTS) is 3. The molecule has 0 amide bonds. The van der Waals surface area contributed by atoms with E-state index in [2.05, 4.69) is 0 Å². The van der Waals surface area contributed by atoms with Crippen molar-refractivity contribution in [1.29, 1.82) is 0 Å². The first-order valence-corrected chi connectivity index (χ1v) is 4.94. The summed E-state index contributed by atoms with van der Waals surface area (Å²) in [6.07, 6.45) is 0. The van der Waals surface area contributed by atoms with Gasteiger partial charge in [-0.1, -0.05) is 0 Å². The van der Waals surface area contributed by atoms with Crippen molar-refractivity contribution in [2.75, 3.05) is 13.1 Å². The zero-order valence-corrected chi connectivity index (χ0v) is 14.7. The van der Waals surface area contributed by atoms with Crippen LogP contribution >= 0.6 is 0 Å². The Balaban J connectivity index is -0.0000000304. The predicted molar refractivity (Wildman–Crippen MR) is 69.9 cm³/mol. The van der Waals surface area contributed by atoms with Gasteiger partial charge in [0.25, 0.3) is 17.9 Å². The van der Waals surface area contributed by atoms with Gasteiger partial charge in [-0.2, -0.15) is 6.92 Å². The maximum atomic E-state index is 9.00. The molecule has 0 bridgehead atoms. The summed E-state index contributed by atoms with van der Waals surface area (Å²) in [7, 11) is 0. The summed E-state index contributed by atoms with van der Waals surface area (Å²) in [4.78, 5) is 27.0. The van der Waals surface area contributed by atoms with Gasteiger partial charge >= 0.3 is 29.6 Å². The van der Waals surface area contributed by atoms with Crippen molar-refractivity contribution in [2.45, 2.75) is 27.7 Å². The van der Waals surface area contributed by atoms with Gasteiger partial charge in [0.1, 0.15) is 0 Å². The minimum atomic E-state index is -0.833. The maximum Gasteiger partial charge on any atom is 1.00 e. The van der Waals surface area contributed by atoms with Crippen LogP contribution in [0.3, 0.4) is 0 Å². The standard InChI is InChI=1S/C2H8N2.3C2H4O2.C2H5O.Na/c3-1-2-4;3*1-2(3)4;1-2-3;/h1-4H2;3*1H3,(H,3,4);2-3H,1H3;/q;;;;-1;+1. The Kier molecular flexibility index (Phi) is 78.4. The average molecular weight is 308 g/mol. The number of hydrogen-bond acceptors (Lipinski definition) is 6. The van der Waals surface area contributed by atoms with Crippen molar-refractivity contribution in [3.8, 4) is 0 Å². The zero-order valence-electron chi connectivity index (χ0n) is 12.7. The first kappa shape index (κ1) is 36.5. The number of nitrogens with two attached hydrogens (primary N) is 2. The van der Waals surface area contributed by atoms with Crippen LogP contribution in [-0.2, 0) is 14.4 Å². The monoisotopic (exact) mass is 308 g/mol. The van der Waals surface area contributed by atoms with E-state index in [0.29, 0.717) is 13.1 Å². The van der Waals surface area contributed by atoms with E-state index in [0.717, 1.165) is 27.4 Å². The van der Waals surface area contributed by atoms with Crippen molar-refractivity contribution in [1.82, 2.24) is 0 Å². The molecule has 0 heterocycles. The van der Waals surface area contributed by atoms with Gasteiger partial charge < -0.3 is 31.9 Å². The van der Waals surface area contributed by atoms with Gasteiger partial charge in [0, 0.05) is 33.9 Å². The van der Waals surface area contributed by atoms with Crippen molar-refractivity contribution in [3.05, 3.63) is 6.61 Å². The average Bonchev–Trinajstić information content (AvgIpc) is 2.15. The van der Waals surface area contributed by atoms with Crippen LogP contribution in [0.5, 0.6) is 0 Å². The van der Waals surface area contributed by atoms with E-state index in [1.54, 1.807) is 6.92 Å². The Morgan fingerprint density at radius 3 is 0.900 bits per heavy atom. The van der Waals surface area contributed by atoms with Crippen LogP contribution in [0, 0.1) is 6.61 Å². The van der Waals surface area contributed by atoms with Crippen LogP contribution in [-0.4, -0.2) is 51.4 Å². The topological polar surface area (TPSA) is 184 Å². The molecule has 0 aromatic heterocycles. The Morgan fingerprint density at radius 2 is 0.900 bits per heavy atom. The summed E-state index contributed by atoms with van der Waals surface area (Å²) in [6.45, 7) is 7.00. The maximum absolute atomic E-state index is 9.00. The smallest absolute Gasteiger partial charge is 0.566 e. The molecule has 0 aliphatic rings. The molecular formula is C10H25N2NaO7. The van der Waals surface area contributed by atoms with Crippen LogP contribution in [0.25, 0.3) is 0 Å². The van der Waals surface area contributed by atoms with Crippen LogP contribution in [0.15, 0.2) is 0 Å². The molecule has 0 aromatic rings. The van der Waals surface area contributed by atoms with Crippen molar-refractivity contribution >= 4 is 17.9 Å². The minimum absolute atomic E-state index is 0. The number of aliphatic hydroxyl groups is 1. The van der Waals surface area contributed by atoms with Crippen molar-refractivity contribution in [2.24, 2.45) is 11.5 Å². The van der Waals surface area contributed by atoms with Gasteiger partial charge in [0.2, 0.25) is 0 Å². The molecule has 0 rings (SSSR count). The Labute approximate surface area is 141 Å². The van der Waals surface area contributed by atoms with E-state index >= 15 is 0 Å². The molecular weight excluding hydrogens is 283 g/mol. The minimum Gasteiger partial charge on any atom is -0.566 e. The number of hydrogen-bond donors (Lipinski definition) is 6. The molecule has 0 aliphatic carbocycles. The molecule has 0 unspecified atom stereocenters. The first-order valence-electron chi connectivity index (χ1n) is 4.94. The molecule has 0 spiro atoms. The van der Waals surface area contributed by atoms with E-state index < -0.39 is 17.9 Å². The summed E-state index contributed by atoms with van der Waals surface area (Å²) in [5.74, 6) is -2.50. The van der Waals surface area contributed by atoms with Crippen molar-refractivity contribution < 1.29 is 64.4 Å². The quantitative estimate of drug-likeness (QED) is 0.213. The number of rotatable bonds is 1. The van der Waals surface area contributed by atoms with E-state index in [4.69, 9.17) is 46.3 Å². The van der Waals surface area contributed by atoms with E-state index in [1.165, 1.54) is 0 Å². The molecule has 0 atom stereocenters. The predicted octanol–water partition coefficient (Wildman–Crippen LogP) is -3.28. The Morgan fingerprint density at radius 1 is 0.850 bits per heavy atom. The summed E-state index contributed by atoms with van der Waals surface area (Å²) < 4.78 is 0. The third-order valence-electron chi connectivity index (χ3n) is 0.167. The van der Waals surface area contributed by atoms with Gasteiger partial charge in [0.05, 0.1) is 0 Å². The fourth-order valence-electron chi connectivity index (χ4n) is 0. The fraction of sp³-hybridized carbons (Fsp3) is 0.600. The first-order chi connectivity index (χ1) is 8.52. The molecule has 0 radical (unpaired) electrons. The second-order valence-electron chi connectivity index (χ2n) is 2.39. The molecule has 118 valence electrons. The second kappa shape index (κ2) is 42.9. The normalized spacial score (nSPS) is 6.15. The van der Waals surface area contributed by atoms with Gasteiger partial charge in [0.15, 0.2) is 0 Å². The fourth-order valence-corrected chi connectivity index (χ4v) is 0. The molecule has 0 aromatic carbocycles. The summed E-state index contributed by atoms with van der Waals surface area (Å²) in [5.41, 5.74) is 9.81. The van der Waals surface area contributed by atoms with Crippen LogP contribution < -0.4 is 41.0 Å². The Hall–Kier alpha value is -0.710. The van der Waals surface area contributed by atoms with Crippen LogP contribution in [0.2, 0.25) is 0 Å². The second-order valence-corrected chi connectivity index (χ2v) is 2.39. The number of carbonyl (C=O) groups is 3. The zero-order chi connectivity index (χ0) is 16.9. The number of aliphatic hydroxyl groups excluding tert-OH is 1.